The number of amides is 1. The standard InChI is InChI=1S/C15H15N3O3/c19-14(12-8-9-16-17-10-12)18-13(15(20)21)7-6-11-4-2-1-3-5-11/h1-5,8-10,13H,6-7H2,(H,18,19)(H,20,21)/t13-/m0/s1. The molecular weight excluding hydrogens is 270 g/mol. The lowest BCUT2D eigenvalue weighted by atomic mass is 10.1. The maximum atomic E-state index is 11.9. The van der Waals surface area contributed by atoms with Crippen molar-refractivity contribution in [1.82, 2.24) is 15.5 Å². The van der Waals surface area contributed by atoms with E-state index in [0.717, 1.165) is 5.56 Å². The summed E-state index contributed by atoms with van der Waals surface area (Å²) in [6.07, 6.45) is 3.58. The molecule has 0 bridgehead atoms. The normalized spacial score (nSPS) is 11.6. The molecule has 0 fully saturated rings. The van der Waals surface area contributed by atoms with Crippen LogP contribution in [0, 0.1) is 0 Å². The molecular formula is C15H15N3O3. The van der Waals surface area contributed by atoms with Crippen LogP contribution in [0.5, 0.6) is 0 Å². The van der Waals surface area contributed by atoms with Crippen molar-refractivity contribution in [3.05, 3.63) is 59.9 Å². The number of carbonyl (C=O) groups is 2. The van der Waals surface area contributed by atoms with Crippen molar-refractivity contribution in [2.45, 2.75) is 18.9 Å². The topological polar surface area (TPSA) is 92.2 Å². The first-order valence-electron chi connectivity index (χ1n) is 6.51. The Hall–Kier alpha value is -2.76. The Kier molecular flexibility index (Phi) is 4.98. The lowest BCUT2D eigenvalue weighted by Gasteiger charge is -2.14. The molecule has 1 heterocycles. The van der Waals surface area contributed by atoms with E-state index in [9.17, 15) is 14.7 Å². The Labute approximate surface area is 121 Å². The largest absolute Gasteiger partial charge is 0.480 e. The average molecular weight is 285 g/mol. The van der Waals surface area contributed by atoms with E-state index in [4.69, 9.17) is 0 Å². The van der Waals surface area contributed by atoms with Gasteiger partial charge in [-0.05, 0) is 24.5 Å². The first kappa shape index (κ1) is 14.6. The second kappa shape index (κ2) is 7.14. The van der Waals surface area contributed by atoms with Gasteiger partial charge in [0.05, 0.1) is 18.0 Å². The first-order chi connectivity index (χ1) is 10.2. The third kappa shape index (κ3) is 4.38. The first-order valence-corrected chi connectivity index (χ1v) is 6.51. The molecule has 0 radical (unpaired) electrons. The number of hydrogen-bond acceptors (Lipinski definition) is 4. The number of aromatic nitrogens is 2. The lowest BCUT2D eigenvalue weighted by molar-refractivity contribution is -0.139. The summed E-state index contributed by atoms with van der Waals surface area (Å²) in [5.74, 6) is -1.52. The fourth-order valence-corrected chi connectivity index (χ4v) is 1.88. The van der Waals surface area contributed by atoms with E-state index >= 15 is 0 Å². The highest BCUT2D eigenvalue weighted by Gasteiger charge is 2.20. The van der Waals surface area contributed by atoms with Gasteiger partial charge in [0.1, 0.15) is 6.04 Å². The van der Waals surface area contributed by atoms with Gasteiger partial charge in [0, 0.05) is 0 Å². The maximum absolute atomic E-state index is 11.9. The molecule has 0 saturated carbocycles. The number of carbonyl (C=O) groups excluding carboxylic acids is 1. The number of aryl methyl sites for hydroxylation is 1. The van der Waals surface area contributed by atoms with Crippen LogP contribution in [0.2, 0.25) is 0 Å². The fraction of sp³-hybridized carbons (Fsp3) is 0.200. The molecule has 1 aromatic heterocycles. The third-order valence-electron chi connectivity index (χ3n) is 3.01. The van der Waals surface area contributed by atoms with Crippen molar-refractivity contribution < 1.29 is 14.7 Å². The van der Waals surface area contributed by atoms with Crippen molar-refractivity contribution >= 4 is 11.9 Å². The van der Waals surface area contributed by atoms with Crippen molar-refractivity contribution in [2.75, 3.05) is 0 Å². The van der Waals surface area contributed by atoms with Crippen molar-refractivity contribution in [3.8, 4) is 0 Å². The summed E-state index contributed by atoms with van der Waals surface area (Å²) in [7, 11) is 0. The van der Waals surface area contributed by atoms with Gasteiger partial charge in [0.25, 0.3) is 5.91 Å². The van der Waals surface area contributed by atoms with Gasteiger partial charge in [-0.25, -0.2) is 4.79 Å². The molecule has 0 spiro atoms. The maximum Gasteiger partial charge on any atom is 0.326 e. The summed E-state index contributed by atoms with van der Waals surface area (Å²) in [5, 5.41) is 18.9. The number of aliphatic carboxylic acids is 1. The van der Waals surface area contributed by atoms with E-state index < -0.39 is 17.9 Å². The van der Waals surface area contributed by atoms with E-state index in [1.165, 1.54) is 18.5 Å². The molecule has 0 saturated heterocycles. The van der Waals surface area contributed by atoms with Gasteiger partial charge < -0.3 is 10.4 Å². The van der Waals surface area contributed by atoms with Gasteiger partial charge in [-0.15, -0.1) is 0 Å². The van der Waals surface area contributed by atoms with E-state index in [-0.39, 0.29) is 5.56 Å². The van der Waals surface area contributed by atoms with Crippen LogP contribution in [0.3, 0.4) is 0 Å². The summed E-state index contributed by atoms with van der Waals surface area (Å²) >= 11 is 0. The Bertz CT molecular complexity index is 602. The van der Waals surface area contributed by atoms with Gasteiger partial charge in [0.2, 0.25) is 0 Å². The molecule has 0 aliphatic heterocycles. The van der Waals surface area contributed by atoms with Crippen LogP contribution in [-0.4, -0.2) is 33.2 Å². The number of nitrogens with zero attached hydrogens (tertiary/aromatic N) is 2. The summed E-state index contributed by atoms with van der Waals surface area (Å²) in [4.78, 5) is 23.2. The lowest BCUT2D eigenvalue weighted by Crippen LogP contribution is -2.41. The number of nitrogens with one attached hydrogen (secondary N) is 1. The molecule has 1 aromatic carbocycles. The molecule has 1 amide bonds. The van der Waals surface area contributed by atoms with Crippen LogP contribution in [0.25, 0.3) is 0 Å². The Balaban J connectivity index is 1.96. The Morgan fingerprint density at radius 3 is 2.52 bits per heavy atom. The van der Waals surface area contributed by atoms with Crippen LogP contribution >= 0.6 is 0 Å². The molecule has 108 valence electrons. The molecule has 6 nitrogen and oxygen atoms in total. The Morgan fingerprint density at radius 2 is 1.90 bits per heavy atom. The molecule has 1 atom stereocenters. The van der Waals surface area contributed by atoms with Crippen molar-refractivity contribution in [2.24, 2.45) is 0 Å². The third-order valence-corrected chi connectivity index (χ3v) is 3.01. The Morgan fingerprint density at radius 1 is 1.14 bits per heavy atom. The van der Waals surface area contributed by atoms with E-state index in [1.54, 1.807) is 0 Å². The van der Waals surface area contributed by atoms with Crippen LogP contribution < -0.4 is 5.32 Å². The molecule has 6 heteroatoms. The summed E-state index contributed by atoms with van der Waals surface area (Å²) in [6.45, 7) is 0. The highest BCUT2D eigenvalue weighted by atomic mass is 16.4. The monoisotopic (exact) mass is 285 g/mol. The minimum atomic E-state index is -1.05. The molecule has 0 aliphatic carbocycles. The van der Waals surface area contributed by atoms with Crippen molar-refractivity contribution in [3.63, 3.8) is 0 Å². The predicted octanol–water partition coefficient (Wildman–Crippen LogP) is 1.29. The van der Waals surface area contributed by atoms with E-state index in [0.29, 0.717) is 12.8 Å². The zero-order valence-electron chi connectivity index (χ0n) is 11.3. The number of carboxylic acids is 1. The van der Waals surface area contributed by atoms with E-state index in [2.05, 4.69) is 15.5 Å². The van der Waals surface area contributed by atoms with Gasteiger partial charge >= 0.3 is 5.97 Å². The number of hydrogen-bond donors (Lipinski definition) is 2. The second-order valence-corrected chi connectivity index (χ2v) is 4.52. The number of rotatable bonds is 6. The van der Waals surface area contributed by atoms with Crippen LogP contribution in [0.15, 0.2) is 48.8 Å². The molecule has 2 rings (SSSR count). The van der Waals surface area contributed by atoms with Gasteiger partial charge in [-0.2, -0.15) is 10.2 Å². The highest BCUT2D eigenvalue weighted by molar-refractivity contribution is 5.96. The number of carboxylic acid groups (broad SMARTS) is 1. The number of benzene rings is 1. The molecule has 2 N–H and O–H groups in total. The molecule has 2 aromatic rings. The van der Waals surface area contributed by atoms with Crippen molar-refractivity contribution in [1.29, 1.82) is 0 Å². The summed E-state index contributed by atoms with van der Waals surface area (Å²) < 4.78 is 0. The van der Waals surface area contributed by atoms with Crippen LogP contribution in [-0.2, 0) is 11.2 Å². The SMILES string of the molecule is O=C(N[C@@H](CCc1ccccc1)C(=O)O)c1ccnnc1. The minimum Gasteiger partial charge on any atom is -0.480 e. The molecule has 0 aliphatic rings. The second-order valence-electron chi connectivity index (χ2n) is 4.52. The van der Waals surface area contributed by atoms with Crippen LogP contribution in [0.4, 0.5) is 0 Å². The minimum absolute atomic E-state index is 0.288. The molecule has 0 unspecified atom stereocenters. The zero-order valence-corrected chi connectivity index (χ0v) is 11.3. The highest BCUT2D eigenvalue weighted by Crippen LogP contribution is 2.06. The average Bonchev–Trinajstić information content (AvgIpc) is 2.52. The van der Waals surface area contributed by atoms with Crippen LogP contribution in [0.1, 0.15) is 22.3 Å². The zero-order chi connectivity index (χ0) is 15.1. The molecule has 21 heavy (non-hydrogen) atoms. The van der Waals surface area contributed by atoms with Gasteiger partial charge in [-0.1, -0.05) is 30.3 Å². The quantitative estimate of drug-likeness (QED) is 0.834. The van der Waals surface area contributed by atoms with Gasteiger partial charge in [0.15, 0.2) is 0 Å². The fourth-order valence-electron chi connectivity index (χ4n) is 1.88. The summed E-state index contributed by atoms with van der Waals surface area (Å²) in [6, 6.07) is 10.1. The van der Waals surface area contributed by atoms with Gasteiger partial charge in [-0.3, -0.25) is 4.79 Å². The summed E-state index contributed by atoms with van der Waals surface area (Å²) in [5.41, 5.74) is 1.32. The predicted molar refractivity (Wildman–Crippen MR) is 75.7 cm³/mol. The smallest absolute Gasteiger partial charge is 0.326 e. The van der Waals surface area contributed by atoms with E-state index in [1.807, 2.05) is 30.3 Å².